The Morgan fingerprint density at radius 3 is 2.50 bits per heavy atom. The number of nitrogens with zero attached hydrogens (tertiary/aromatic N) is 1. The van der Waals surface area contributed by atoms with Crippen LogP contribution in [0.15, 0.2) is 41.8 Å². The van der Waals surface area contributed by atoms with Crippen LogP contribution >= 0.6 is 22.7 Å². The van der Waals surface area contributed by atoms with Gasteiger partial charge in [-0.2, -0.15) is 0 Å². The first kappa shape index (κ1) is 22.0. The summed E-state index contributed by atoms with van der Waals surface area (Å²) in [5, 5.41) is 5.83. The van der Waals surface area contributed by atoms with E-state index in [1.165, 1.54) is 22.7 Å². The number of hydrogen-bond acceptors (Lipinski definition) is 6. The molecule has 4 rings (SSSR count). The van der Waals surface area contributed by atoms with Crippen molar-refractivity contribution in [2.45, 2.75) is 27.2 Å². The second-order valence-electron chi connectivity index (χ2n) is 8.14. The van der Waals surface area contributed by atoms with Crippen LogP contribution < -0.4 is 16.8 Å². The Morgan fingerprint density at radius 2 is 1.84 bits per heavy atom. The van der Waals surface area contributed by atoms with Crippen molar-refractivity contribution in [3.05, 3.63) is 63.5 Å². The summed E-state index contributed by atoms with van der Waals surface area (Å²) in [6, 6.07) is 11.7. The molecule has 3 aromatic heterocycles. The maximum atomic E-state index is 13.1. The summed E-state index contributed by atoms with van der Waals surface area (Å²) in [6.45, 7) is 6.26. The van der Waals surface area contributed by atoms with Crippen molar-refractivity contribution in [1.82, 2.24) is 4.98 Å². The van der Waals surface area contributed by atoms with E-state index in [0.717, 1.165) is 33.5 Å². The van der Waals surface area contributed by atoms with Crippen LogP contribution in [0.4, 0.5) is 10.7 Å². The molecule has 0 aliphatic rings. The van der Waals surface area contributed by atoms with Crippen LogP contribution in [0.1, 0.15) is 45.1 Å². The maximum Gasteiger partial charge on any atom is 0.268 e. The molecule has 0 unspecified atom stereocenters. The predicted molar refractivity (Wildman–Crippen MR) is 134 cm³/mol. The zero-order chi connectivity index (χ0) is 23.0. The van der Waals surface area contributed by atoms with Crippen molar-refractivity contribution in [3.8, 4) is 11.1 Å². The Morgan fingerprint density at radius 1 is 1.12 bits per heavy atom. The van der Waals surface area contributed by atoms with E-state index in [1.807, 2.05) is 48.7 Å². The molecule has 0 saturated carbocycles. The number of hydrogen-bond donors (Lipinski definition) is 3. The smallest absolute Gasteiger partial charge is 0.268 e. The fourth-order valence-corrected chi connectivity index (χ4v) is 5.51. The molecule has 4 aromatic rings. The summed E-state index contributed by atoms with van der Waals surface area (Å²) in [5.41, 5.74) is 16.3. The van der Waals surface area contributed by atoms with Gasteiger partial charge in [-0.3, -0.25) is 9.59 Å². The number of fused-ring (bicyclic) bond motifs is 1. The minimum absolute atomic E-state index is 0.296. The van der Waals surface area contributed by atoms with Gasteiger partial charge in [0.15, 0.2) is 0 Å². The fourth-order valence-electron chi connectivity index (χ4n) is 3.54. The van der Waals surface area contributed by atoms with Crippen LogP contribution in [0.3, 0.4) is 0 Å². The summed E-state index contributed by atoms with van der Waals surface area (Å²) in [7, 11) is 0. The molecule has 0 atom stereocenters. The van der Waals surface area contributed by atoms with Crippen molar-refractivity contribution in [3.63, 3.8) is 0 Å². The number of pyridine rings is 1. The van der Waals surface area contributed by atoms with Gasteiger partial charge in [-0.1, -0.05) is 43.7 Å². The minimum Gasteiger partial charge on any atom is -0.397 e. The summed E-state index contributed by atoms with van der Waals surface area (Å²) in [4.78, 5) is 31.1. The lowest BCUT2D eigenvalue weighted by atomic mass is 10.0. The molecule has 8 heteroatoms. The van der Waals surface area contributed by atoms with E-state index in [4.69, 9.17) is 11.5 Å². The summed E-state index contributed by atoms with van der Waals surface area (Å²) in [5.74, 6) is -0.494. The Labute approximate surface area is 194 Å². The third-order valence-electron chi connectivity index (χ3n) is 5.10. The van der Waals surface area contributed by atoms with Crippen molar-refractivity contribution in [2.75, 3.05) is 11.1 Å². The number of benzene rings is 1. The number of primary amides is 1. The van der Waals surface area contributed by atoms with Gasteiger partial charge < -0.3 is 16.8 Å². The minimum atomic E-state index is -0.596. The standard InChI is InChI=1S/C24H24N4O2S2/c1-12(2)10-15-8-9-16-19(25)20(32-23(16)27-15)22(30)28-24-18(21(26)29)17(11-31-24)14-6-4-13(3)5-7-14/h4-9,11-12H,10,25H2,1-3H3,(H2,26,29)(H,28,30). The Kier molecular flexibility index (Phi) is 5.99. The monoisotopic (exact) mass is 464 g/mol. The lowest BCUT2D eigenvalue weighted by Crippen LogP contribution is -2.17. The number of nitrogens with one attached hydrogen (secondary N) is 1. The molecule has 164 valence electrons. The van der Waals surface area contributed by atoms with Gasteiger partial charge >= 0.3 is 0 Å². The Balaban J connectivity index is 1.67. The first-order valence-electron chi connectivity index (χ1n) is 10.2. The van der Waals surface area contributed by atoms with Crippen LogP contribution in [0.5, 0.6) is 0 Å². The lowest BCUT2D eigenvalue weighted by Gasteiger charge is -2.06. The molecule has 0 saturated heterocycles. The van der Waals surface area contributed by atoms with E-state index in [1.54, 1.807) is 0 Å². The van der Waals surface area contributed by atoms with E-state index < -0.39 is 5.91 Å². The number of anilines is 2. The van der Waals surface area contributed by atoms with E-state index >= 15 is 0 Å². The normalized spacial score (nSPS) is 11.2. The van der Waals surface area contributed by atoms with Gasteiger partial charge in [0.2, 0.25) is 0 Å². The molecule has 0 spiro atoms. The SMILES string of the molecule is Cc1ccc(-c2csc(NC(=O)c3sc4nc(CC(C)C)ccc4c3N)c2C(N)=O)cc1. The predicted octanol–water partition coefficient (Wildman–Crippen LogP) is 5.47. The van der Waals surface area contributed by atoms with Gasteiger partial charge in [-0.15, -0.1) is 22.7 Å². The molecule has 0 radical (unpaired) electrons. The van der Waals surface area contributed by atoms with Gasteiger partial charge in [0.1, 0.15) is 14.7 Å². The number of amides is 2. The van der Waals surface area contributed by atoms with E-state index in [9.17, 15) is 9.59 Å². The summed E-state index contributed by atoms with van der Waals surface area (Å²) >= 11 is 2.52. The van der Waals surface area contributed by atoms with Crippen LogP contribution in [-0.2, 0) is 6.42 Å². The van der Waals surface area contributed by atoms with Crippen molar-refractivity contribution in [2.24, 2.45) is 11.7 Å². The van der Waals surface area contributed by atoms with E-state index in [2.05, 4.69) is 24.1 Å². The molecule has 0 fully saturated rings. The molecule has 0 aliphatic carbocycles. The van der Waals surface area contributed by atoms with Crippen LogP contribution in [0, 0.1) is 12.8 Å². The van der Waals surface area contributed by atoms with Crippen molar-refractivity contribution >= 4 is 55.4 Å². The molecule has 32 heavy (non-hydrogen) atoms. The summed E-state index contributed by atoms with van der Waals surface area (Å²) in [6.07, 6.45) is 0.855. The molecule has 0 aliphatic heterocycles. The summed E-state index contributed by atoms with van der Waals surface area (Å²) < 4.78 is 0. The first-order valence-corrected chi connectivity index (χ1v) is 11.9. The number of aromatic nitrogens is 1. The number of nitrogen functional groups attached to an aromatic ring is 1. The zero-order valence-electron chi connectivity index (χ0n) is 18.1. The lowest BCUT2D eigenvalue weighted by molar-refractivity contribution is 0.100. The molecule has 3 heterocycles. The highest BCUT2D eigenvalue weighted by Crippen LogP contribution is 2.38. The van der Waals surface area contributed by atoms with Gasteiger partial charge in [-0.25, -0.2) is 4.98 Å². The number of carbonyl (C=O) groups excluding carboxylic acids is 2. The molecule has 5 N–H and O–H groups in total. The van der Waals surface area contributed by atoms with Crippen LogP contribution in [-0.4, -0.2) is 16.8 Å². The molecule has 2 amide bonds. The Hall–Kier alpha value is -3.23. The van der Waals surface area contributed by atoms with Gasteiger partial charge in [0.05, 0.1) is 11.3 Å². The zero-order valence-corrected chi connectivity index (χ0v) is 19.7. The van der Waals surface area contributed by atoms with Gasteiger partial charge in [-0.05, 0) is 37.0 Å². The topological polar surface area (TPSA) is 111 Å². The number of carbonyl (C=O) groups is 2. The fraction of sp³-hybridized carbons (Fsp3) is 0.208. The Bertz CT molecular complexity index is 1320. The van der Waals surface area contributed by atoms with Gasteiger partial charge in [0.25, 0.3) is 11.8 Å². The maximum absolute atomic E-state index is 13.1. The highest BCUT2D eigenvalue weighted by Gasteiger charge is 2.23. The second-order valence-corrected chi connectivity index (χ2v) is 10.0. The van der Waals surface area contributed by atoms with Crippen molar-refractivity contribution in [1.29, 1.82) is 0 Å². The average molecular weight is 465 g/mol. The molecular weight excluding hydrogens is 440 g/mol. The average Bonchev–Trinajstić information content (AvgIpc) is 3.29. The first-order chi connectivity index (χ1) is 15.2. The number of nitrogens with two attached hydrogens (primary N) is 2. The third kappa shape index (κ3) is 4.24. The second kappa shape index (κ2) is 8.72. The quantitative estimate of drug-likeness (QED) is 0.351. The van der Waals surface area contributed by atoms with Crippen LogP contribution in [0.25, 0.3) is 21.3 Å². The number of rotatable bonds is 6. The van der Waals surface area contributed by atoms with Crippen molar-refractivity contribution < 1.29 is 9.59 Å². The third-order valence-corrected chi connectivity index (χ3v) is 7.11. The largest absolute Gasteiger partial charge is 0.397 e. The molecule has 6 nitrogen and oxygen atoms in total. The molecular formula is C24H24N4O2S2. The molecule has 1 aromatic carbocycles. The van der Waals surface area contributed by atoms with E-state index in [0.29, 0.717) is 32.6 Å². The number of thiophene rings is 2. The van der Waals surface area contributed by atoms with Crippen LogP contribution in [0.2, 0.25) is 0 Å². The van der Waals surface area contributed by atoms with E-state index in [-0.39, 0.29) is 5.91 Å². The van der Waals surface area contributed by atoms with Gasteiger partial charge in [0, 0.05) is 22.0 Å². The highest BCUT2D eigenvalue weighted by molar-refractivity contribution is 7.21. The molecule has 0 bridgehead atoms. The number of aryl methyl sites for hydroxylation is 1. The highest BCUT2D eigenvalue weighted by atomic mass is 32.1.